The van der Waals surface area contributed by atoms with Crippen molar-refractivity contribution in [1.82, 2.24) is 19.2 Å². The fraction of sp³-hybridized carbons (Fsp3) is 0.474. The summed E-state index contributed by atoms with van der Waals surface area (Å²) in [5, 5.41) is 2.88. The number of aryl methyl sites for hydroxylation is 1. The van der Waals surface area contributed by atoms with E-state index in [1.165, 1.54) is 27.0 Å². The molecular formula is C19H26N4O3S. The van der Waals surface area contributed by atoms with Gasteiger partial charge in [0.2, 0.25) is 5.91 Å². The molecule has 0 bridgehead atoms. The van der Waals surface area contributed by atoms with E-state index in [0.717, 1.165) is 32.1 Å². The maximum atomic E-state index is 12.6. The van der Waals surface area contributed by atoms with Gasteiger partial charge >= 0.3 is 0 Å². The molecule has 0 radical (unpaired) electrons. The van der Waals surface area contributed by atoms with E-state index in [4.69, 9.17) is 0 Å². The molecule has 1 aliphatic rings. The zero-order valence-electron chi connectivity index (χ0n) is 15.4. The lowest BCUT2D eigenvalue weighted by Crippen LogP contribution is -2.35. The predicted octanol–water partition coefficient (Wildman–Crippen LogP) is 1.81. The number of sulfonamides is 1. The number of imidazole rings is 1. The van der Waals surface area contributed by atoms with Gasteiger partial charge in [-0.3, -0.25) is 4.79 Å². The molecule has 27 heavy (non-hydrogen) atoms. The molecule has 1 saturated heterocycles. The molecule has 2 heterocycles. The smallest absolute Gasteiger partial charge is 0.262 e. The van der Waals surface area contributed by atoms with Crippen LogP contribution < -0.4 is 5.32 Å². The van der Waals surface area contributed by atoms with Crippen LogP contribution in [0.15, 0.2) is 47.9 Å². The summed E-state index contributed by atoms with van der Waals surface area (Å²) in [5.74, 6) is -0.151. The van der Waals surface area contributed by atoms with E-state index in [-0.39, 0.29) is 17.5 Å². The van der Waals surface area contributed by atoms with E-state index in [1.807, 2.05) is 18.2 Å². The topological polar surface area (TPSA) is 84.3 Å². The van der Waals surface area contributed by atoms with Crippen LogP contribution in [0, 0.1) is 0 Å². The second-order valence-electron chi connectivity index (χ2n) is 6.79. The number of carbonyl (C=O) groups is 1. The van der Waals surface area contributed by atoms with Crippen LogP contribution in [0.2, 0.25) is 0 Å². The molecule has 0 atom stereocenters. The quantitative estimate of drug-likeness (QED) is 0.697. The Labute approximate surface area is 160 Å². The third-order valence-corrected chi connectivity index (χ3v) is 6.45. The Balaban J connectivity index is 1.46. The minimum absolute atomic E-state index is 0.0151. The number of hydrogen-bond acceptors (Lipinski definition) is 4. The second-order valence-corrected chi connectivity index (χ2v) is 8.67. The molecule has 1 N–H and O–H groups in total. The average Bonchev–Trinajstić information content (AvgIpc) is 3.16. The number of carbonyl (C=O) groups excluding carboxylic acids is 1. The van der Waals surface area contributed by atoms with Crippen LogP contribution in [0.4, 0.5) is 0 Å². The van der Waals surface area contributed by atoms with Gasteiger partial charge < -0.3 is 9.88 Å². The lowest BCUT2D eigenvalue weighted by molar-refractivity contribution is -0.121. The van der Waals surface area contributed by atoms with E-state index in [1.54, 1.807) is 0 Å². The summed E-state index contributed by atoms with van der Waals surface area (Å²) in [5.41, 5.74) is 1.24. The molecule has 146 valence electrons. The molecule has 1 aromatic heterocycles. The van der Waals surface area contributed by atoms with Gasteiger partial charge in [0, 0.05) is 25.8 Å². The highest BCUT2D eigenvalue weighted by Crippen LogP contribution is 2.18. The predicted molar refractivity (Wildman–Crippen MR) is 103 cm³/mol. The first kappa shape index (κ1) is 19.6. The van der Waals surface area contributed by atoms with Crippen LogP contribution in [0.5, 0.6) is 0 Å². The van der Waals surface area contributed by atoms with Crippen LogP contribution in [-0.4, -0.2) is 47.8 Å². The second kappa shape index (κ2) is 9.14. The van der Waals surface area contributed by atoms with Gasteiger partial charge in [-0.15, -0.1) is 0 Å². The minimum Gasteiger partial charge on any atom is -0.355 e. The Bertz CT molecular complexity index is 843. The number of aromatic nitrogens is 2. The van der Waals surface area contributed by atoms with Crippen molar-refractivity contribution in [2.45, 2.75) is 43.7 Å². The van der Waals surface area contributed by atoms with E-state index < -0.39 is 10.0 Å². The molecule has 1 aromatic carbocycles. The minimum atomic E-state index is -3.56. The number of hydrogen-bond donors (Lipinski definition) is 1. The number of amides is 1. The van der Waals surface area contributed by atoms with E-state index in [9.17, 15) is 13.2 Å². The third-order valence-electron chi connectivity index (χ3n) is 4.66. The van der Waals surface area contributed by atoms with E-state index in [2.05, 4.69) is 22.4 Å². The van der Waals surface area contributed by atoms with Crippen LogP contribution in [0.1, 0.15) is 31.2 Å². The van der Waals surface area contributed by atoms with Crippen LogP contribution in [0.3, 0.4) is 0 Å². The summed E-state index contributed by atoms with van der Waals surface area (Å²) in [4.78, 5) is 16.1. The van der Waals surface area contributed by atoms with E-state index in [0.29, 0.717) is 19.6 Å². The Morgan fingerprint density at radius 3 is 2.59 bits per heavy atom. The fourth-order valence-corrected chi connectivity index (χ4v) is 4.64. The van der Waals surface area contributed by atoms with Crippen molar-refractivity contribution >= 4 is 15.9 Å². The lowest BCUT2D eigenvalue weighted by atomic mass is 10.1. The Morgan fingerprint density at radius 1 is 1.11 bits per heavy atom. The van der Waals surface area contributed by atoms with Gasteiger partial charge in [0.05, 0.1) is 6.33 Å². The number of benzene rings is 1. The Kier molecular flexibility index (Phi) is 6.63. The highest BCUT2D eigenvalue weighted by molar-refractivity contribution is 7.89. The first-order chi connectivity index (χ1) is 13.1. The zero-order chi connectivity index (χ0) is 19.1. The first-order valence-electron chi connectivity index (χ1n) is 9.38. The number of nitrogens with one attached hydrogen (secondary N) is 1. The molecule has 0 unspecified atom stereocenters. The fourth-order valence-electron chi connectivity index (χ4n) is 3.18. The van der Waals surface area contributed by atoms with Crippen molar-refractivity contribution in [3.63, 3.8) is 0 Å². The Hall–Kier alpha value is -2.19. The molecule has 0 saturated carbocycles. The summed E-state index contributed by atoms with van der Waals surface area (Å²) in [7, 11) is -3.56. The zero-order valence-corrected chi connectivity index (χ0v) is 16.2. The molecule has 7 nitrogen and oxygen atoms in total. The maximum Gasteiger partial charge on any atom is 0.262 e. The average molecular weight is 391 g/mol. The van der Waals surface area contributed by atoms with Crippen LogP contribution in [-0.2, 0) is 27.8 Å². The van der Waals surface area contributed by atoms with Gasteiger partial charge in [0.25, 0.3) is 10.0 Å². The van der Waals surface area contributed by atoms with Crippen molar-refractivity contribution in [2.24, 2.45) is 0 Å². The van der Waals surface area contributed by atoms with Crippen molar-refractivity contribution in [1.29, 1.82) is 0 Å². The number of nitrogens with zero attached hydrogens (tertiary/aromatic N) is 3. The largest absolute Gasteiger partial charge is 0.355 e. The van der Waals surface area contributed by atoms with Gasteiger partial charge in [0.1, 0.15) is 6.54 Å². The summed E-state index contributed by atoms with van der Waals surface area (Å²) < 4.78 is 28.2. The van der Waals surface area contributed by atoms with Crippen molar-refractivity contribution in [3.05, 3.63) is 48.4 Å². The van der Waals surface area contributed by atoms with Gasteiger partial charge in [-0.05, 0) is 31.2 Å². The van der Waals surface area contributed by atoms with E-state index >= 15 is 0 Å². The summed E-state index contributed by atoms with van der Waals surface area (Å²) >= 11 is 0. The first-order valence-corrected chi connectivity index (χ1v) is 10.8. The third kappa shape index (κ3) is 5.40. The highest BCUT2D eigenvalue weighted by Gasteiger charge is 2.28. The van der Waals surface area contributed by atoms with Crippen molar-refractivity contribution in [3.8, 4) is 0 Å². The summed E-state index contributed by atoms with van der Waals surface area (Å²) in [6.45, 7) is 1.73. The van der Waals surface area contributed by atoms with Crippen molar-refractivity contribution < 1.29 is 13.2 Å². The molecule has 0 aliphatic carbocycles. The molecule has 1 fully saturated rings. The molecule has 1 amide bonds. The van der Waals surface area contributed by atoms with Gasteiger partial charge in [-0.25, -0.2) is 13.4 Å². The molecular weight excluding hydrogens is 364 g/mol. The van der Waals surface area contributed by atoms with Crippen LogP contribution in [0.25, 0.3) is 0 Å². The van der Waals surface area contributed by atoms with Crippen molar-refractivity contribution in [2.75, 3.05) is 19.6 Å². The summed E-state index contributed by atoms with van der Waals surface area (Å²) in [6, 6.07) is 10.1. The summed E-state index contributed by atoms with van der Waals surface area (Å²) in [6.07, 6.45) is 7.42. The Morgan fingerprint density at radius 2 is 1.85 bits per heavy atom. The SMILES string of the molecule is O=C(Cn1cnc(S(=O)(=O)N2CCCCC2)c1)NCCCc1ccccc1. The standard InChI is InChI=1S/C19H26N4O3S/c24-18(20-11-7-10-17-8-3-1-4-9-17)14-22-15-19(21-16-22)27(25,26)23-12-5-2-6-13-23/h1,3-4,8-9,15-16H,2,5-7,10-14H2,(H,20,24). The van der Waals surface area contributed by atoms with Gasteiger partial charge in [-0.1, -0.05) is 36.8 Å². The molecule has 2 aromatic rings. The monoisotopic (exact) mass is 390 g/mol. The van der Waals surface area contributed by atoms with Gasteiger partial charge in [0.15, 0.2) is 5.03 Å². The number of rotatable bonds is 8. The molecule has 0 spiro atoms. The van der Waals surface area contributed by atoms with Crippen LogP contribution >= 0.6 is 0 Å². The molecule has 8 heteroatoms. The molecule has 1 aliphatic heterocycles. The normalized spacial score (nSPS) is 15.6. The maximum absolute atomic E-state index is 12.6. The number of piperidine rings is 1. The van der Waals surface area contributed by atoms with Gasteiger partial charge in [-0.2, -0.15) is 4.31 Å². The lowest BCUT2D eigenvalue weighted by Gasteiger charge is -2.24. The highest BCUT2D eigenvalue weighted by atomic mass is 32.2. The molecule has 3 rings (SSSR count).